The lowest BCUT2D eigenvalue weighted by molar-refractivity contribution is -0.144. The minimum Gasteiger partial charge on any atom is -0.494 e. The van der Waals surface area contributed by atoms with Gasteiger partial charge in [-0.05, 0) is 37.6 Å². The highest BCUT2D eigenvalue weighted by molar-refractivity contribution is 7.91. The lowest BCUT2D eigenvalue weighted by Gasteiger charge is -2.27. The summed E-state index contributed by atoms with van der Waals surface area (Å²) in [7, 11) is -1.69. The summed E-state index contributed by atoms with van der Waals surface area (Å²) < 4.78 is 33.7. The lowest BCUT2D eigenvalue weighted by atomic mass is 10.2. The van der Waals surface area contributed by atoms with Gasteiger partial charge in [-0.3, -0.25) is 9.59 Å². The van der Waals surface area contributed by atoms with E-state index >= 15 is 0 Å². The van der Waals surface area contributed by atoms with E-state index in [-0.39, 0.29) is 24.7 Å². The van der Waals surface area contributed by atoms with Gasteiger partial charge in [-0.25, -0.2) is 8.42 Å². The molecule has 0 saturated carbocycles. The number of nitrogens with one attached hydrogen (secondary N) is 1. The minimum absolute atomic E-state index is 0.0228. The number of sulfone groups is 1. The fraction of sp³-hybridized carbons (Fsp3) is 0.529. The highest BCUT2D eigenvalue weighted by Gasteiger charge is 2.36. The van der Waals surface area contributed by atoms with Crippen LogP contribution in [-0.4, -0.2) is 69.5 Å². The third-order valence-electron chi connectivity index (χ3n) is 4.06. The Morgan fingerprint density at radius 1 is 1.27 bits per heavy atom. The monoisotopic (exact) mass is 384 g/mol. The molecular formula is C17H24N2O6S. The van der Waals surface area contributed by atoms with E-state index in [0.717, 1.165) is 0 Å². The van der Waals surface area contributed by atoms with Gasteiger partial charge in [0.15, 0.2) is 9.84 Å². The number of hydrogen-bond acceptors (Lipinski definition) is 6. The quantitative estimate of drug-likeness (QED) is 0.694. The first-order chi connectivity index (χ1) is 12.4. The Morgan fingerprint density at radius 2 is 1.96 bits per heavy atom. The fourth-order valence-corrected chi connectivity index (χ4v) is 4.51. The van der Waals surface area contributed by atoms with Crippen molar-refractivity contribution < 1.29 is 27.5 Å². The molecule has 0 bridgehead atoms. The second-order valence-corrected chi connectivity index (χ2v) is 8.19. The first-order valence-electron chi connectivity index (χ1n) is 8.40. The van der Waals surface area contributed by atoms with Crippen molar-refractivity contribution in [2.75, 3.05) is 43.7 Å². The molecule has 1 aromatic rings. The second-order valence-electron chi connectivity index (χ2n) is 5.96. The van der Waals surface area contributed by atoms with Gasteiger partial charge >= 0.3 is 11.8 Å². The molecule has 1 aliphatic rings. The van der Waals surface area contributed by atoms with E-state index in [1.807, 2.05) is 6.92 Å². The molecule has 1 saturated heterocycles. The van der Waals surface area contributed by atoms with Crippen LogP contribution in [0.2, 0.25) is 0 Å². The van der Waals surface area contributed by atoms with Crippen LogP contribution in [0.15, 0.2) is 24.3 Å². The molecule has 26 heavy (non-hydrogen) atoms. The van der Waals surface area contributed by atoms with Crippen LogP contribution in [0.3, 0.4) is 0 Å². The maximum absolute atomic E-state index is 12.6. The molecule has 1 N–H and O–H groups in total. The maximum Gasteiger partial charge on any atom is 0.313 e. The molecule has 0 aromatic heterocycles. The predicted octanol–water partition coefficient (Wildman–Crippen LogP) is 0.686. The van der Waals surface area contributed by atoms with Crippen molar-refractivity contribution in [3.63, 3.8) is 0 Å². The highest BCUT2D eigenvalue weighted by Crippen LogP contribution is 2.19. The number of carbonyl (C=O) groups excluding carboxylic acids is 2. The molecule has 2 amide bonds. The molecule has 1 heterocycles. The number of amides is 2. The molecular weight excluding hydrogens is 360 g/mol. The van der Waals surface area contributed by atoms with Gasteiger partial charge in [0.05, 0.1) is 24.7 Å². The van der Waals surface area contributed by atoms with E-state index in [9.17, 15) is 18.0 Å². The number of rotatable bonds is 7. The zero-order valence-electron chi connectivity index (χ0n) is 14.9. The van der Waals surface area contributed by atoms with Gasteiger partial charge in [0, 0.05) is 25.4 Å². The molecule has 0 aliphatic carbocycles. The molecule has 144 valence electrons. The number of nitrogens with zero attached hydrogens (tertiary/aromatic N) is 1. The van der Waals surface area contributed by atoms with Crippen LogP contribution in [0.25, 0.3) is 0 Å². The normalized spacial score (nSPS) is 18.3. The van der Waals surface area contributed by atoms with Gasteiger partial charge in [-0.2, -0.15) is 0 Å². The Balaban J connectivity index is 2.05. The summed E-state index contributed by atoms with van der Waals surface area (Å²) in [4.78, 5) is 26.2. The van der Waals surface area contributed by atoms with Crippen molar-refractivity contribution >= 4 is 27.3 Å². The molecule has 2 rings (SSSR count). The van der Waals surface area contributed by atoms with E-state index in [1.165, 1.54) is 12.0 Å². The Labute approximate surface area is 153 Å². The number of ether oxygens (including phenoxy) is 2. The number of methoxy groups -OCH3 is 1. The smallest absolute Gasteiger partial charge is 0.313 e. The number of anilines is 1. The zero-order chi connectivity index (χ0) is 19.2. The zero-order valence-corrected chi connectivity index (χ0v) is 15.8. The van der Waals surface area contributed by atoms with Crippen LogP contribution in [0.4, 0.5) is 5.69 Å². The van der Waals surface area contributed by atoms with Gasteiger partial charge in [-0.15, -0.1) is 0 Å². The summed E-state index contributed by atoms with van der Waals surface area (Å²) in [6, 6.07) is 6.14. The standard InChI is InChI=1S/C17H24N2O6S/c1-3-25-15-6-4-13(5-7-15)18-16(20)17(21)19(9-10-24-2)14-8-11-26(22,23)12-14/h4-7,14H,3,8-12H2,1-2H3,(H,18,20). The summed E-state index contributed by atoms with van der Waals surface area (Å²) >= 11 is 0. The summed E-state index contributed by atoms with van der Waals surface area (Å²) in [5.41, 5.74) is 0.456. The first-order valence-corrected chi connectivity index (χ1v) is 10.2. The average molecular weight is 384 g/mol. The molecule has 1 fully saturated rings. The summed E-state index contributed by atoms with van der Waals surface area (Å²) in [6.07, 6.45) is 0.328. The van der Waals surface area contributed by atoms with Gasteiger partial charge in [0.2, 0.25) is 0 Å². The van der Waals surface area contributed by atoms with E-state index in [2.05, 4.69) is 5.32 Å². The largest absolute Gasteiger partial charge is 0.494 e. The van der Waals surface area contributed by atoms with Gasteiger partial charge in [0.1, 0.15) is 5.75 Å². The number of benzene rings is 1. The van der Waals surface area contributed by atoms with Crippen LogP contribution < -0.4 is 10.1 Å². The molecule has 9 heteroatoms. The molecule has 8 nitrogen and oxygen atoms in total. The van der Waals surface area contributed by atoms with Crippen LogP contribution >= 0.6 is 0 Å². The minimum atomic E-state index is -3.17. The van der Waals surface area contributed by atoms with Crippen LogP contribution in [0, 0.1) is 0 Å². The Hall–Kier alpha value is -2.13. The summed E-state index contributed by atoms with van der Waals surface area (Å²) in [5.74, 6) is -1.02. The van der Waals surface area contributed by atoms with E-state index in [0.29, 0.717) is 24.5 Å². The van der Waals surface area contributed by atoms with Gasteiger partial charge < -0.3 is 19.7 Å². The Kier molecular flexibility index (Phi) is 6.98. The third kappa shape index (κ3) is 5.43. The topological polar surface area (TPSA) is 102 Å². The molecule has 1 atom stereocenters. The molecule has 0 radical (unpaired) electrons. The summed E-state index contributed by atoms with van der Waals surface area (Å²) in [5, 5.41) is 2.54. The van der Waals surface area contributed by atoms with Crippen molar-refractivity contribution in [2.24, 2.45) is 0 Å². The highest BCUT2D eigenvalue weighted by atomic mass is 32.2. The Bertz CT molecular complexity index is 732. The molecule has 0 spiro atoms. The molecule has 1 unspecified atom stereocenters. The van der Waals surface area contributed by atoms with E-state index in [1.54, 1.807) is 24.3 Å². The summed E-state index contributed by atoms with van der Waals surface area (Å²) in [6.45, 7) is 2.78. The van der Waals surface area contributed by atoms with Crippen LogP contribution in [0.1, 0.15) is 13.3 Å². The number of hydrogen-bond donors (Lipinski definition) is 1. The molecule has 1 aromatic carbocycles. The maximum atomic E-state index is 12.6. The molecule has 1 aliphatic heterocycles. The average Bonchev–Trinajstić information content (AvgIpc) is 2.96. The lowest BCUT2D eigenvalue weighted by Crippen LogP contribution is -2.47. The van der Waals surface area contributed by atoms with Gasteiger partial charge in [0.25, 0.3) is 0 Å². The van der Waals surface area contributed by atoms with E-state index < -0.39 is 27.7 Å². The first kappa shape index (κ1) is 20.2. The van der Waals surface area contributed by atoms with Gasteiger partial charge in [-0.1, -0.05) is 0 Å². The van der Waals surface area contributed by atoms with Crippen LogP contribution in [0.5, 0.6) is 5.75 Å². The van der Waals surface area contributed by atoms with Crippen molar-refractivity contribution in [1.29, 1.82) is 0 Å². The Morgan fingerprint density at radius 3 is 2.50 bits per heavy atom. The fourth-order valence-electron chi connectivity index (χ4n) is 2.78. The predicted molar refractivity (Wildman–Crippen MR) is 96.9 cm³/mol. The van der Waals surface area contributed by atoms with E-state index in [4.69, 9.17) is 9.47 Å². The second kappa shape index (κ2) is 9.00. The van der Waals surface area contributed by atoms with Crippen molar-refractivity contribution in [3.05, 3.63) is 24.3 Å². The number of carbonyl (C=O) groups is 2. The van der Waals surface area contributed by atoms with Crippen molar-refractivity contribution in [2.45, 2.75) is 19.4 Å². The third-order valence-corrected chi connectivity index (χ3v) is 5.81. The van der Waals surface area contributed by atoms with Crippen LogP contribution in [-0.2, 0) is 24.2 Å². The SMILES string of the molecule is CCOc1ccc(NC(=O)C(=O)N(CCOC)C2CCS(=O)(=O)C2)cc1. The van der Waals surface area contributed by atoms with Crippen molar-refractivity contribution in [1.82, 2.24) is 4.90 Å². The van der Waals surface area contributed by atoms with Crippen molar-refractivity contribution in [3.8, 4) is 5.75 Å².